The van der Waals surface area contributed by atoms with E-state index in [1.165, 1.54) is 11.1 Å². The largest absolute Gasteiger partial charge is 0.392 e. The Bertz CT molecular complexity index is 492. The fourth-order valence-electron chi connectivity index (χ4n) is 2.21. The van der Waals surface area contributed by atoms with Crippen LogP contribution in [0.3, 0.4) is 0 Å². The van der Waals surface area contributed by atoms with Crippen molar-refractivity contribution in [1.29, 1.82) is 0 Å². The summed E-state index contributed by atoms with van der Waals surface area (Å²) in [6, 6.07) is 12.5. The van der Waals surface area contributed by atoms with E-state index >= 15 is 0 Å². The molecule has 2 atom stereocenters. The first-order valence-electron chi connectivity index (χ1n) is 6.80. The van der Waals surface area contributed by atoms with E-state index in [1.807, 2.05) is 12.1 Å². The number of aromatic nitrogens is 1. The highest BCUT2D eigenvalue weighted by atomic mass is 16.3. The molecule has 2 rings (SSSR count). The average molecular weight is 255 g/mol. The topological polar surface area (TPSA) is 33.1 Å². The van der Waals surface area contributed by atoms with Gasteiger partial charge in [-0.15, -0.1) is 0 Å². The van der Waals surface area contributed by atoms with Crippen LogP contribution < -0.4 is 0 Å². The number of rotatable bonds is 5. The van der Waals surface area contributed by atoms with Crippen LogP contribution in [0.5, 0.6) is 0 Å². The van der Waals surface area contributed by atoms with Crippen LogP contribution in [-0.2, 0) is 6.42 Å². The van der Waals surface area contributed by atoms with Gasteiger partial charge in [0.1, 0.15) is 0 Å². The van der Waals surface area contributed by atoms with Crippen molar-refractivity contribution in [2.24, 2.45) is 0 Å². The molecule has 2 aromatic rings. The lowest BCUT2D eigenvalue weighted by atomic mass is 9.92. The Morgan fingerprint density at radius 1 is 1.05 bits per heavy atom. The Kier molecular flexibility index (Phi) is 4.69. The highest BCUT2D eigenvalue weighted by Crippen LogP contribution is 2.21. The standard InChI is InChI=1S/C17H21NO/c1-13-3-5-15(6-4-13)7-8-17(19)14(2)16-9-11-18-12-10-16/h3-6,9-12,14,17,19H,7-8H2,1-2H3. The van der Waals surface area contributed by atoms with E-state index in [9.17, 15) is 5.11 Å². The van der Waals surface area contributed by atoms with Gasteiger partial charge < -0.3 is 5.11 Å². The van der Waals surface area contributed by atoms with E-state index < -0.39 is 0 Å². The van der Waals surface area contributed by atoms with Gasteiger partial charge in [-0.3, -0.25) is 4.98 Å². The number of pyridine rings is 1. The van der Waals surface area contributed by atoms with Gasteiger partial charge in [0.05, 0.1) is 6.10 Å². The molecule has 0 aliphatic carbocycles. The molecule has 0 spiro atoms. The van der Waals surface area contributed by atoms with E-state index in [1.54, 1.807) is 12.4 Å². The smallest absolute Gasteiger partial charge is 0.0609 e. The fraction of sp³-hybridized carbons (Fsp3) is 0.353. The molecule has 0 bridgehead atoms. The van der Waals surface area contributed by atoms with Gasteiger partial charge in [-0.1, -0.05) is 36.8 Å². The minimum atomic E-state index is -0.316. The third-order valence-electron chi connectivity index (χ3n) is 3.66. The van der Waals surface area contributed by atoms with E-state index in [4.69, 9.17) is 0 Å². The molecule has 0 radical (unpaired) electrons. The van der Waals surface area contributed by atoms with Crippen molar-refractivity contribution in [3.8, 4) is 0 Å². The number of aryl methyl sites for hydroxylation is 2. The monoisotopic (exact) mass is 255 g/mol. The Labute approximate surface area is 115 Å². The maximum absolute atomic E-state index is 10.3. The summed E-state index contributed by atoms with van der Waals surface area (Å²) in [6.45, 7) is 4.15. The van der Waals surface area contributed by atoms with E-state index in [2.05, 4.69) is 43.1 Å². The SMILES string of the molecule is Cc1ccc(CCC(O)C(C)c2ccncc2)cc1. The Morgan fingerprint density at radius 3 is 2.32 bits per heavy atom. The summed E-state index contributed by atoms with van der Waals surface area (Å²) < 4.78 is 0. The number of benzene rings is 1. The molecular formula is C17H21NO. The molecule has 0 aliphatic heterocycles. The molecule has 0 aliphatic rings. The molecule has 2 unspecified atom stereocenters. The molecule has 1 aromatic heterocycles. The lowest BCUT2D eigenvalue weighted by Gasteiger charge is -2.19. The zero-order valence-electron chi connectivity index (χ0n) is 11.6. The predicted octanol–water partition coefficient (Wildman–Crippen LogP) is 3.49. The molecule has 19 heavy (non-hydrogen) atoms. The van der Waals surface area contributed by atoms with Crippen LogP contribution in [0, 0.1) is 6.92 Å². The minimum absolute atomic E-state index is 0.147. The van der Waals surface area contributed by atoms with Crippen molar-refractivity contribution >= 4 is 0 Å². The van der Waals surface area contributed by atoms with Crippen molar-refractivity contribution in [1.82, 2.24) is 4.98 Å². The molecular weight excluding hydrogens is 234 g/mol. The molecule has 2 nitrogen and oxygen atoms in total. The van der Waals surface area contributed by atoms with Crippen LogP contribution in [0.2, 0.25) is 0 Å². The maximum Gasteiger partial charge on any atom is 0.0609 e. The Hall–Kier alpha value is -1.67. The lowest BCUT2D eigenvalue weighted by Crippen LogP contribution is -2.16. The second-order valence-electron chi connectivity index (χ2n) is 5.16. The molecule has 0 fully saturated rings. The Balaban J connectivity index is 1.90. The molecule has 0 saturated heterocycles. The summed E-state index contributed by atoms with van der Waals surface area (Å²) in [5.41, 5.74) is 3.70. The van der Waals surface area contributed by atoms with Crippen molar-refractivity contribution in [2.45, 2.75) is 38.7 Å². The summed E-state index contributed by atoms with van der Waals surface area (Å²) in [5.74, 6) is 0.147. The van der Waals surface area contributed by atoms with Crippen LogP contribution in [0.4, 0.5) is 0 Å². The quantitative estimate of drug-likeness (QED) is 0.887. The summed E-state index contributed by atoms with van der Waals surface area (Å²) >= 11 is 0. The van der Waals surface area contributed by atoms with Crippen LogP contribution in [0.15, 0.2) is 48.8 Å². The molecule has 1 N–H and O–H groups in total. The molecule has 1 heterocycles. The highest BCUT2D eigenvalue weighted by Gasteiger charge is 2.15. The normalized spacial score (nSPS) is 14.1. The second-order valence-corrected chi connectivity index (χ2v) is 5.16. The van der Waals surface area contributed by atoms with Gasteiger partial charge in [0.2, 0.25) is 0 Å². The predicted molar refractivity (Wildman–Crippen MR) is 78.2 cm³/mol. The van der Waals surface area contributed by atoms with Gasteiger partial charge in [-0.2, -0.15) is 0 Å². The first kappa shape index (κ1) is 13.8. The molecule has 100 valence electrons. The molecule has 0 amide bonds. The Morgan fingerprint density at radius 2 is 1.68 bits per heavy atom. The number of hydrogen-bond donors (Lipinski definition) is 1. The third kappa shape index (κ3) is 3.90. The molecule has 1 aromatic carbocycles. The minimum Gasteiger partial charge on any atom is -0.392 e. The fourth-order valence-corrected chi connectivity index (χ4v) is 2.21. The summed E-state index contributed by atoms with van der Waals surface area (Å²) in [6.07, 6.45) is 4.93. The van der Waals surface area contributed by atoms with E-state index in [0.717, 1.165) is 18.4 Å². The summed E-state index contributed by atoms with van der Waals surface area (Å²) in [7, 11) is 0. The number of nitrogens with zero attached hydrogens (tertiary/aromatic N) is 1. The zero-order valence-corrected chi connectivity index (χ0v) is 11.6. The molecule has 0 saturated carbocycles. The van der Waals surface area contributed by atoms with Gasteiger partial charge in [-0.25, -0.2) is 0 Å². The van der Waals surface area contributed by atoms with E-state index in [0.29, 0.717) is 0 Å². The van der Waals surface area contributed by atoms with Crippen molar-refractivity contribution in [2.75, 3.05) is 0 Å². The van der Waals surface area contributed by atoms with Crippen LogP contribution in [0.25, 0.3) is 0 Å². The lowest BCUT2D eigenvalue weighted by molar-refractivity contribution is 0.140. The number of aliphatic hydroxyl groups excluding tert-OH is 1. The highest BCUT2D eigenvalue weighted by molar-refractivity contribution is 5.22. The maximum atomic E-state index is 10.3. The second kappa shape index (κ2) is 6.48. The zero-order chi connectivity index (χ0) is 13.7. The first-order valence-corrected chi connectivity index (χ1v) is 6.80. The van der Waals surface area contributed by atoms with Gasteiger partial charge in [0.15, 0.2) is 0 Å². The van der Waals surface area contributed by atoms with Gasteiger partial charge >= 0.3 is 0 Å². The van der Waals surface area contributed by atoms with Gasteiger partial charge in [-0.05, 0) is 43.0 Å². The summed E-state index contributed by atoms with van der Waals surface area (Å²) in [4.78, 5) is 4.01. The van der Waals surface area contributed by atoms with E-state index in [-0.39, 0.29) is 12.0 Å². The third-order valence-corrected chi connectivity index (χ3v) is 3.66. The van der Waals surface area contributed by atoms with Gasteiger partial charge in [0, 0.05) is 18.3 Å². The molecule has 2 heteroatoms. The van der Waals surface area contributed by atoms with Crippen molar-refractivity contribution in [3.63, 3.8) is 0 Å². The van der Waals surface area contributed by atoms with Crippen LogP contribution >= 0.6 is 0 Å². The number of aliphatic hydroxyl groups is 1. The number of hydrogen-bond acceptors (Lipinski definition) is 2. The summed E-state index contributed by atoms with van der Waals surface area (Å²) in [5, 5.41) is 10.3. The van der Waals surface area contributed by atoms with Crippen molar-refractivity contribution < 1.29 is 5.11 Å². The van der Waals surface area contributed by atoms with Crippen molar-refractivity contribution in [3.05, 3.63) is 65.5 Å². The average Bonchev–Trinajstić information content (AvgIpc) is 2.46. The van der Waals surface area contributed by atoms with Crippen LogP contribution in [0.1, 0.15) is 36.0 Å². The van der Waals surface area contributed by atoms with Gasteiger partial charge in [0.25, 0.3) is 0 Å². The first-order chi connectivity index (χ1) is 9.16. The van der Waals surface area contributed by atoms with Crippen LogP contribution in [-0.4, -0.2) is 16.2 Å².